The number of aromatic nitrogens is 1. The van der Waals surface area contributed by atoms with Gasteiger partial charge < -0.3 is 15.0 Å². The Kier molecular flexibility index (Phi) is 6.83. The second-order valence-corrected chi connectivity index (χ2v) is 9.72. The molecule has 7 nitrogen and oxygen atoms in total. The van der Waals surface area contributed by atoms with Gasteiger partial charge in [-0.05, 0) is 31.2 Å². The van der Waals surface area contributed by atoms with Crippen molar-refractivity contribution in [3.05, 3.63) is 24.4 Å². The third-order valence-corrected chi connectivity index (χ3v) is 6.94. The van der Waals surface area contributed by atoms with Crippen molar-refractivity contribution >= 4 is 39.8 Å². The maximum Gasteiger partial charge on any atom is 0.213 e. The summed E-state index contributed by atoms with van der Waals surface area (Å²) in [6.45, 7) is 2.24. The van der Waals surface area contributed by atoms with E-state index < -0.39 is 9.84 Å². The Bertz CT molecular complexity index is 755. The van der Waals surface area contributed by atoms with Gasteiger partial charge in [-0.3, -0.25) is 4.99 Å². The van der Waals surface area contributed by atoms with Gasteiger partial charge in [-0.25, -0.2) is 13.4 Å². The quantitative estimate of drug-likeness (QED) is 0.372. The minimum absolute atomic E-state index is 0. The zero-order valence-electron chi connectivity index (χ0n) is 15.3. The molecule has 3 heterocycles. The number of halogens is 1. The van der Waals surface area contributed by atoms with Gasteiger partial charge in [0.25, 0.3) is 0 Å². The first-order chi connectivity index (χ1) is 12.6. The monoisotopic (exact) mass is 506 g/mol. The van der Waals surface area contributed by atoms with E-state index in [1.807, 2.05) is 18.2 Å². The first-order valence-electron chi connectivity index (χ1n) is 9.41. The predicted octanol–water partition coefficient (Wildman–Crippen LogP) is 1.70. The highest BCUT2D eigenvalue weighted by atomic mass is 127. The summed E-state index contributed by atoms with van der Waals surface area (Å²) >= 11 is 0. The normalized spacial score (nSPS) is 27.3. The maximum absolute atomic E-state index is 11.6. The summed E-state index contributed by atoms with van der Waals surface area (Å²) < 4.78 is 29.3. The Morgan fingerprint density at radius 1 is 1.30 bits per heavy atom. The van der Waals surface area contributed by atoms with Crippen LogP contribution in [0.2, 0.25) is 0 Å². The topological polar surface area (TPSA) is 83.9 Å². The number of nitrogens with one attached hydrogen (secondary N) is 1. The molecule has 2 aliphatic heterocycles. The molecule has 0 bridgehead atoms. The van der Waals surface area contributed by atoms with E-state index in [0.717, 1.165) is 31.9 Å². The average molecular weight is 506 g/mol. The molecule has 2 unspecified atom stereocenters. The van der Waals surface area contributed by atoms with Gasteiger partial charge in [0.05, 0.1) is 18.1 Å². The van der Waals surface area contributed by atoms with E-state index in [-0.39, 0.29) is 41.8 Å². The van der Waals surface area contributed by atoms with Crippen LogP contribution in [-0.4, -0.2) is 67.5 Å². The number of guanidine groups is 1. The number of hydrogen-bond donors (Lipinski definition) is 1. The zero-order chi connectivity index (χ0) is 18.0. The maximum atomic E-state index is 11.6. The molecule has 27 heavy (non-hydrogen) atoms. The third kappa shape index (κ3) is 5.94. The van der Waals surface area contributed by atoms with Crippen LogP contribution in [0.15, 0.2) is 29.4 Å². The molecule has 3 aliphatic rings. The first kappa shape index (κ1) is 20.6. The van der Waals surface area contributed by atoms with E-state index in [1.165, 1.54) is 12.8 Å². The van der Waals surface area contributed by atoms with Crippen LogP contribution in [0, 0.1) is 5.92 Å². The number of aliphatic imine (C=N–C) groups is 1. The van der Waals surface area contributed by atoms with E-state index in [2.05, 4.69) is 15.2 Å². The number of likely N-dealkylation sites (tertiary alicyclic amines) is 1. The molecule has 150 valence electrons. The van der Waals surface area contributed by atoms with Crippen LogP contribution in [0.3, 0.4) is 0 Å². The number of hydrogen-bond acceptors (Lipinski definition) is 5. The number of ether oxygens (including phenoxy) is 1. The Balaban J connectivity index is 0.00000210. The summed E-state index contributed by atoms with van der Waals surface area (Å²) in [5, 5.41) is 3.52. The second-order valence-electron chi connectivity index (χ2n) is 7.49. The van der Waals surface area contributed by atoms with Gasteiger partial charge in [-0.15, -0.1) is 24.0 Å². The fourth-order valence-electron chi connectivity index (χ4n) is 3.48. The number of sulfone groups is 1. The van der Waals surface area contributed by atoms with Crippen molar-refractivity contribution in [3.8, 4) is 5.88 Å². The minimum atomic E-state index is -2.85. The molecule has 1 N–H and O–H groups in total. The lowest BCUT2D eigenvalue weighted by molar-refractivity contribution is 0.205. The van der Waals surface area contributed by atoms with Crippen molar-refractivity contribution in [2.24, 2.45) is 10.9 Å². The van der Waals surface area contributed by atoms with Crippen LogP contribution in [0.5, 0.6) is 5.88 Å². The van der Waals surface area contributed by atoms with Crippen molar-refractivity contribution in [1.82, 2.24) is 15.2 Å². The molecule has 1 aliphatic carbocycles. The van der Waals surface area contributed by atoms with Gasteiger partial charge in [0.2, 0.25) is 5.88 Å². The van der Waals surface area contributed by atoms with Gasteiger partial charge in [0, 0.05) is 37.8 Å². The van der Waals surface area contributed by atoms with E-state index >= 15 is 0 Å². The van der Waals surface area contributed by atoms with E-state index in [0.29, 0.717) is 24.2 Å². The molecule has 4 rings (SSSR count). The molecule has 0 aromatic carbocycles. The van der Waals surface area contributed by atoms with Crippen LogP contribution >= 0.6 is 24.0 Å². The SMILES string of the molecule is I.O=S1(=O)CCC(CN=C(NC2CC2)N2CCC(Oc3ccccn3)C2)C1. The molecule has 0 radical (unpaired) electrons. The molecule has 2 saturated heterocycles. The summed E-state index contributed by atoms with van der Waals surface area (Å²) in [5.41, 5.74) is 0. The molecule has 1 saturated carbocycles. The number of rotatable bonds is 5. The lowest BCUT2D eigenvalue weighted by Gasteiger charge is -2.22. The molecule has 1 aromatic rings. The summed E-state index contributed by atoms with van der Waals surface area (Å²) in [5.74, 6) is 2.30. The Morgan fingerprint density at radius 3 is 2.81 bits per heavy atom. The van der Waals surface area contributed by atoms with E-state index in [4.69, 9.17) is 9.73 Å². The van der Waals surface area contributed by atoms with Gasteiger partial charge in [0.15, 0.2) is 15.8 Å². The molecule has 9 heteroatoms. The molecule has 2 atom stereocenters. The van der Waals surface area contributed by atoms with E-state index in [9.17, 15) is 8.42 Å². The van der Waals surface area contributed by atoms with Crippen LogP contribution in [0.4, 0.5) is 0 Å². The predicted molar refractivity (Wildman–Crippen MR) is 115 cm³/mol. The third-order valence-electron chi connectivity index (χ3n) is 5.11. The first-order valence-corrected chi connectivity index (χ1v) is 11.2. The molecular formula is C18H27IN4O3S. The molecule has 1 aromatic heterocycles. The Morgan fingerprint density at radius 2 is 2.15 bits per heavy atom. The molecule has 0 spiro atoms. The van der Waals surface area contributed by atoms with Crippen molar-refractivity contribution in [2.75, 3.05) is 31.1 Å². The fourth-order valence-corrected chi connectivity index (χ4v) is 5.33. The fraction of sp³-hybridized carbons (Fsp3) is 0.667. The van der Waals surface area contributed by atoms with Gasteiger partial charge >= 0.3 is 0 Å². The van der Waals surface area contributed by atoms with Crippen molar-refractivity contribution < 1.29 is 13.2 Å². The van der Waals surface area contributed by atoms with Crippen LogP contribution in [-0.2, 0) is 9.84 Å². The summed E-state index contributed by atoms with van der Waals surface area (Å²) in [4.78, 5) is 11.2. The highest BCUT2D eigenvalue weighted by Crippen LogP contribution is 2.22. The summed E-state index contributed by atoms with van der Waals surface area (Å²) in [7, 11) is -2.85. The lowest BCUT2D eigenvalue weighted by atomic mass is 10.1. The Hall–Kier alpha value is -1.10. The molecule has 3 fully saturated rings. The van der Waals surface area contributed by atoms with Crippen molar-refractivity contribution in [2.45, 2.75) is 37.8 Å². The molecular weight excluding hydrogens is 479 g/mol. The summed E-state index contributed by atoms with van der Waals surface area (Å²) in [6, 6.07) is 6.19. The highest BCUT2D eigenvalue weighted by molar-refractivity contribution is 14.0. The number of nitrogens with zero attached hydrogens (tertiary/aromatic N) is 3. The van der Waals surface area contributed by atoms with Gasteiger partial charge in [-0.2, -0.15) is 0 Å². The lowest BCUT2D eigenvalue weighted by Crippen LogP contribution is -2.42. The second kappa shape index (κ2) is 8.93. The minimum Gasteiger partial charge on any atom is -0.472 e. The highest BCUT2D eigenvalue weighted by Gasteiger charge is 2.32. The largest absolute Gasteiger partial charge is 0.472 e. The van der Waals surface area contributed by atoms with E-state index in [1.54, 1.807) is 6.20 Å². The van der Waals surface area contributed by atoms with Gasteiger partial charge in [0.1, 0.15) is 6.10 Å². The van der Waals surface area contributed by atoms with Crippen molar-refractivity contribution in [3.63, 3.8) is 0 Å². The number of pyridine rings is 1. The van der Waals surface area contributed by atoms with Crippen molar-refractivity contribution in [1.29, 1.82) is 0 Å². The molecule has 0 amide bonds. The van der Waals surface area contributed by atoms with Crippen LogP contribution in [0.25, 0.3) is 0 Å². The smallest absolute Gasteiger partial charge is 0.213 e. The van der Waals surface area contributed by atoms with Gasteiger partial charge in [-0.1, -0.05) is 6.07 Å². The standard InChI is InChI=1S/C18H26N4O3S.HI/c23-26(24)10-7-14(13-26)11-20-18(21-15-4-5-15)22-9-6-16(12-22)25-17-3-1-2-8-19-17;/h1-3,8,14-16H,4-7,9-13H2,(H,20,21);1H. The van der Waals surface area contributed by atoms with Crippen LogP contribution < -0.4 is 10.1 Å². The average Bonchev–Trinajstić information content (AvgIpc) is 3.21. The summed E-state index contributed by atoms with van der Waals surface area (Å²) in [6.07, 6.45) is 5.85. The zero-order valence-corrected chi connectivity index (χ0v) is 18.4. The van der Waals surface area contributed by atoms with Crippen LogP contribution in [0.1, 0.15) is 25.7 Å². The Labute approximate surface area is 177 Å².